The van der Waals surface area contributed by atoms with E-state index in [1.165, 1.54) is 127 Å². The van der Waals surface area contributed by atoms with Crippen molar-refractivity contribution in [3.8, 4) is 22.3 Å². The molecule has 10 unspecified atom stereocenters. The number of benzene rings is 6. The smallest absolute Gasteiger partial charge is 0.0540 e. The van der Waals surface area contributed by atoms with E-state index in [1.807, 2.05) is 0 Å². The van der Waals surface area contributed by atoms with E-state index >= 15 is 0 Å². The van der Waals surface area contributed by atoms with Crippen LogP contribution < -0.4 is 4.90 Å². The van der Waals surface area contributed by atoms with Gasteiger partial charge in [0.25, 0.3) is 0 Å². The van der Waals surface area contributed by atoms with Crippen LogP contribution in [0.5, 0.6) is 0 Å². The number of fused-ring (bicyclic) bond motifs is 9. The minimum atomic E-state index is 0.124. The number of anilines is 3. The molecular formula is C56H53N. The van der Waals surface area contributed by atoms with Crippen molar-refractivity contribution in [2.75, 3.05) is 4.90 Å². The fourth-order valence-corrected chi connectivity index (χ4v) is 16.7. The molecule has 0 saturated heterocycles. The van der Waals surface area contributed by atoms with E-state index in [0.717, 1.165) is 47.3 Å². The Labute approximate surface area is 338 Å². The molecule has 0 aromatic heterocycles. The zero-order valence-corrected chi connectivity index (χ0v) is 33.2. The monoisotopic (exact) mass is 739 g/mol. The molecule has 8 bridgehead atoms. The van der Waals surface area contributed by atoms with Crippen LogP contribution in [0, 0.1) is 47.3 Å². The molecule has 10 aliphatic carbocycles. The predicted molar refractivity (Wildman–Crippen MR) is 234 cm³/mol. The van der Waals surface area contributed by atoms with Gasteiger partial charge in [-0.05, 0) is 192 Å². The van der Waals surface area contributed by atoms with E-state index in [9.17, 15) is 0 Å². The molecule has 6 aromatic carbocycles. The zero-order chi connectivity index (χ0) is 37.0. The third-order valence-corrected chi connectivity index (χ3v) is 18.2. The standard InChI is InChI=1S/C56H53N/c1-2-10-45-38(8-1)9-7-15-54(45)57(43-21-23-52-49(32-43)47-12-4-6-14-51(47)55(52)39-18-16-34-24-36(28-39)30-41(55)26-34)44-20-22-48-46-11-3-5-13-50(46)56(53(48)33-44)40-19-17-35-25-37(29-40)31-42(56)27-35/h1-15,20-23,32-37,39-42H,16-19,24-31H2. The van der Waals surface area contributed by atoms with Crippen LogP contribution in [0.1, 0.15) is 99.3 Å². The van der Waals surface area contributed by atoms with Crippen LogP contribution in [-0.4, -0.2) is 0 Å². The van der Waals surface area contributed by atoms with Crippen molar-refractivity contribution >= 4 is 27.8 Å². The molecule has 6 aromatic rings. The maximum atomic E-state index is 2.71. The highest BCUT2D eigenvalue weighted by atomic mass is 15.1. The summed E-state index contributed by atoms with van der Waals surface area (Å²) in [5.41, 5.74) is 16.8. The SMILES string of the molecule is c1ccc2c(c1)-c1cc(N(c3ccc4c(c3)C3(c5ccccc5-4)C4CCC5CC(C4)CC3C5)c3cccc4ccccc34)ccc1C21C2CCC3CC(C2)CC1C3. The first kappa shape index (κ1) is 32.3. The predicted octanol–water partition coefficient (Wildman–Crippen LogP) is 14.5. The molecule has 0 aliphatic heterocycles. The Hall–Kier alpha value is -4.62. The largest absolute Gasteiger partial charge is 0.310 e. The second-order valence-corrected chi connectivity index (χ2v) is 20.4. The molecule has 1 nitrogen and oxygen atoms in total. The maximum absolute atomic E-state index is 2.71. The lowest BCUT2D eigenvalue weighted by atomic mass is 9.51. The van der Waals surface area contributed by atoms with Gasteiger partial charge in [0.05, 0.1) is 5.69 Å². The highest BCUT2D eigenvalue weighted by Crippen LogP contribution is 2.70. The second kappa shape index (κ2) is 11.5. The number of nitrogens with zero attached hydrogens (tertiary/aromatic N) is 1. The van der Waals surface area contributed by atoms with Crippen molar-refractivity contribution < 1.29 is 0 Å². The highest BCUT2D eigenvalue weighted by molar-refractivity contribution is 6.00. The Kier molecular flexibility index (Phi) is 6.54. The third-order valence-electron chi connectivity index (χ3n) is 18.2. The van der Waals surface area contributed by atoms with E-state index < -0.39 is 0 Å². The third kappa shape index (κ3) is 4.12. The van der Waals surface area contributed by atoms with Crippen LogP contribution in [0.2, 0.25) is 0 Å². The molecule has 10 atom stereocenters. The van der Waals surface area contributed by atoms with Gasteiger partial charge in [-0.3, -0.25) is 0 Å². The second-order valence-electron chi connectivity index (χ2n) is 20.4. The molecule has 8 saturated carbocycles. The average Bonchev–Trinajstić information content (AvgIpc) is 3.46. The van der Waals surface area contributed by atoms with Crippen molar-refractivity contribution in [3.63, 3.8) is 0 Å². The van der Waals surface area contributed by atoms with Gasteiger partial charge in [0, 0.05) is 27.6 Å². The van der Waals surface area contributed by atoms with Gasteiger partial charge in [-0.25, -0.2) is 0 Å². The molecule has 16 rings (SSSR count). The van der Waals surface area contributed by atoms with Gasteiger partial charge in [0.15, 0.2) is 0 Å². The minimum Gasteiger partial charge on any atom is -0.310 e. The van der Waals surface area contributed by atoms with E-state index in [0.29, 0.717) is 0 Å². The van der Waals surface area contributed by atoms with Crippen LogP contribution in [0.4, 0.5) is 17.1 Å². The summed E-state index contributed by atoms with van der Waals surface area (Å²) in [6, 6.07) is 50.9. The Morgan fingerprint density at radius 3 is 1.63 bits per heavy atom. The molecule has 0 heterocycles. The van der Waals surface area contributed by atoms with Crippen molar-refractivity contribution in [3.05, 3.63) is 150 Å². The van der Waals surface area contributed by atoms with Gasteiger partial charge < -0.3 is 4.90 Å². The van der Waals surface area contributed by atoms with Gasteiger partial charge in [0.2, 0.25) is 0 Å². The Balaban J connectivity index is 0.997. The molecule has 10 aliphatic rings. The minimum absolute atomic E-state index is 0.124. The summed E-state index contributed by atoms with van der Waals surface area (Å²) in [7, 11) is 0. The quantitative estimate of drug-likeness (QED) is 0.175. The highest BCUT2D eigenvalue weighted by Gasteiger charge is 2.61. The lowest BCUT2D eigenvalue weighted by Gasteiger charge is -2.53. The van der Waals surface area contributed by atoms with Crippen LogP contribution in [0.15, 0.2) is 127 Å². The number of hydrogen-bond donors (Lipinski definition) is 0. The maximum Gasteiger partial charge on any atom is 0.0540 e. The molecule has 8 fully saturated rings. The van der Waals surface area contributed by atoms with Crippen LogP contribution in [0.3, 0.4) is 0 Å². The Bertz CT molecular complexity index is 2630. The van der Waals surface area contributed by atoms with Gasteiger partial charge in [0.1, 0.15) is 0 Å². The van der Waals surface area contributed by atoms with Crippen LogP contribution in [-0.2, 0) is 10.8 Å². The summed E-state index contributed by atoms with van der Waals surface area (Å²) in [5, 5.41) is 2.62. The Morgan fingerprint density at radius 2 is 0.895 bits per heavy atom. The van der Waals surface area contributed by atoms with E-state index in [1.54, 1.807) is 22.3 Å². The van der Waals surface area contributed by atoms with E-state index in [2.05, 4.69) is 132 Å². The first-order valence-electron chi connectivity index (χ1n) is 22.9. The fourth-order valence-electron chi connectivity index (χ4n) is 16.7. The van der Waals surface area contributed by atoms with Crippen molar-refractivity contribution in [2.45, 2.75) is 87.9 Å². The Morgan fingerprint density at radius 1 is 0.368 bits per heavy atom. The first-order chi connectivity index (χ1) is 28.2. The fraction of sp³-hybridized carbons (Fsp3) is 0.393. The molecule has 57 heavy (non-hydrogen) atoms. The molecule has 0 radical (unpaired) electrons. The van der Waals surface area contributed by atoms with Gasteiger partial charge in [-0.15, -0.1) is 0 Å². The lowest BCUT2D eigenvalue weighted by Crippen LogP contribution is -2.48. The summed E-state index contributed by atoms with van der Waals surface area (Å²) in [6.07, 6.45) is 17.1. The molecular weight excluding hydrogens is 687 g/mol. The lowest BCUT2D eigenvalue weighted by molar-refractivity contribution is 0.0617. The van der Waals surface area contributed by atoms with Crippen molar-refractivity contribution in [1.29, 1.82) is 0 Å². The van der Waals surface area contributed by atoms with E-state index in [4.69, 9.17) is 0 Å². The molecule has 0 amide bonds. The van der Waals surface area contributed by atoms with Gasteiger partial charge in [-0.2, -0.15) is 0 Å². The molecule has 1 heteroatoms. The summed E-state index contributed by atoms with van der Waals surface area (Å²) in [5.74, 6) is 6.72. The average molecular weight is 740 g/mol. The summed E-state index contributed by atoms with van der Waals surface area (Å²) in [4.78, 5) is 2.67. The number of hydrogen-bond acceptors (Lipinski definition) is 1. The van der Waals surface area contributed by atoms with Crippen LogP contribution >= 0.6 is 0 Å². The van der Waals surface area contributed by atoms with Crippen molar-refractivity contribution in [1.82, 2.24) is 0 Å². The van der Waals surface area contributed by atoms with Gasteiger partial charge in [-0.1, -0.05) is 110 Å². The van der Waals surface area contributed by atoms with E-state index in [-0.39, 0.29) is 10.8 Å². The van der Waals surface area contributed by atoms with Gasteiger partial charge >= 0.3 is 0 Å². The normalized spacial score (nSPS) is 34.3. The van der Waals surface area contributed by atoms with Crippen molar-refractivity contribution in [2.24, 2.45) is 47.3 Å². The molecule has 2 spiro atoms. The number of rotatable bonds is 3. The topological polar surface area (TPSA) is 3.24 Å². The van der Waals surface area contributed by atoms with Crippen LogP contribution in [0.25, 0.3) is 33.0 Å². The summed E-state index contributed by atoms with van der Waals surface area (Å²) in [6.45, 7) is 0. The first-order valence-corrected chi connectivity index (χ1v) is 22.9. The summed E-state index contributed by atoms with van der Waals surface area (Å²) >= 11 is 0. The molecule has 282 valence electrons. The molecule has 0 N–H and O–H groups in total. The zero-order valence-electron chi connectivity index (χ0n) is 33.2. The summed E-state index contributed by atoms with van der Waals surface area (Å²) < 4.78 is 0.